The van der Waals surface area contributed by atoms with Gasteiger partial charge in [0.25, 0.3) is 0 Å². The van der Waals surface area contributed by atoms with Crippen LogP contribution in [0.5, 0.6) is 5.75 Å². The first-order chi connectivity index (χ1) is 18.9. The molecule has 0 aromatic heterocycles. The summed E-state index contributed by atoms with van der Waals surface area (Å²) < 4.78 is 32.0. The summed E-state index contributed by atoms with van der Waals surface area (Å²) in [5.41, 5.74) is 1.74. The number of ether oxygens (including phenoxy) is 1. The number of halogens is 2. The van der Waals surface area contributed by atoms with Crippen molar-refractivity contribution in [2.45, 2.75) is 38.9 Å². The fourth-order valence-corrected chi connectivity index (χ4v) is 5.29. The Kier molecular flexibility index (Phi) is 10.8. The lowest BCUT2D eigenvalue weighted by Crippen LogP contribution is -2.54. The minimum Gasteiger partial charge on any atom is -0.497 e. The number of rotatable bonds is 12. The highest BCUT2D eigenvalue weighted by molar-refractivity contribution is 7.92. The third kappa shape index (κ3) is 8.61. The number of methoxy groups -OCH3 is 1. The van der Waals surface area contributed by atoms with Crippen LogP contribution >= 0.6 is 23.2 Å². The summed E-state index contributed by atoms with van der Waals surface area (Å²) in [7, 11) is -2.38. The van der Waals surface area contributed by atoms with Crippen molar-refractivity contribution in [3.8, 4) is 5.75 Å². The summed E-state index contributed by atoms with van der Waals surface area (Å²) in [6.45, 7) is 3.15. The van der Waals surface area contributed by atoms with Crippen molar-refractivity contribution in [2.75, 3.05) is 24.2 Å². The number of hydrogen-bond donors (Lipinski definition) is 1. The van der Waals surface area contributed by atoms with Crippen LogP contribution in [-0.4, -0.2) is 57.1 Å². The second kappa shape index (κ2) is 13.9. The zero-order valence-electron chi connectivity index (χ0n) is 22.8. The first kappa shape index (κ1) is 31.3. The summed E-state index contributed by atoms with van der Waals surface area (Å²) >= 11 is 12.2. The Balaban J connectivity index is 2.08. The number of carbonyl (C=O) groups excluding carboxylic acids is 2. The molecule has 0 aliphatic rings. The van der Waals surface area contributed by atoms with E-state index in [1.807, 2.05) is 50.2 Å². The summed E-state index contributed by atoms with van der Waals surface area (Å²) in [4.78, 5) is 29.0. The molecule has 3 aromatic rings. The Hall–Kier alpha value is -3.27. The molecule has 3 aromatic carbocycles. The lowest BCUT2D eigenvalue weighted by atomic mass is 10.0. The van der Waals surface area contributed by atoms with E-state index in [0.717, 1.165) is 16.1 Å². The SMILES string of the molecule is COc1cccc(CN(C(=O)CN(c2ccc(Cl)c(Cl)c2)S(C)(=O)=O)[C@H](Cc2ccccc2)C(=O)NC(C)C)c1. The number of carbonyl (C=O) groups is 2. The van der Waals surface area contributed by atoms with Crippen molar-refractivity contribution in [2.24, 2.45) is 0 Å². The van der Waals surface area contributed by atoms with Crippen LogP contribution in [0.3, 0.4) is 0 Å². The molecule has 3 rings (SSSR count). The number of hydrogen-bond acceptors (Lipinski definition) is 5. The van der Waals surface area contributed by atoms with Crippen molar-refractivity contribution >= 4 is 50.7 Å². The van der Waals surface area contributed by atoms with E-state index in [0.29, 0.717) is 11.3 Å². The molecule has 0 unspecified atom stereocenters. The van der Waals surface area contributed by atoms with E-state index in [1.165, 1.54) is 30.2 Å². The number of amides is 2. The van der Waals surface area contributed by atoms with E-state index in [2.05, 4.69) is 5.32 Å². The van der Waals surface area contributed by atoms with Gasteiger partial charge in [-0.05, 0) is 55.3 Å². The van der Waals surface area contributed by atoms with Gasteiger partial charge in [0.15, 0.2) is 0 Å². The highest BCUT2D eigenvalue weighted by Crippen LogP contribution is 2.29. The molecule has 40 heavy (non-hydrogen) atoms. The highest BCUT2D eigenvalue weighted by Gasteiger charge is 2.33. The third-order valence-electron chi connectivity index (χ3n) is 6.06. The van der Waals surface area contributed by atoms with Crippen LogP contribution in [0.2, 0.25) is 10.0 Å². The van der Waals surface area contributed by atoms with Gasteiger partial charge in [-0.1, -0.05) is 65.7 Å². The van der Waals surface area contributed by atoms with Crippen molar-refractivity contribution in [3.05, 3.63) is 94.0 Å². The molecule has 0 aliphatic carbocycles. The second-order valence-electron chi connectivity index (χ2n) is 9.61. The summed E-state index contributed by atoms with van der Waals surface area (Å²) in [6, 6.07) is 19.7. The maximum Gasteiger partial charge on any atom is 0.244 e. The van der Waals surface area contributed by atoms with Crippen LogP contribution in [0.25, 0.3) is 0 Å². The predicted octanol–water partition coefficient (Wildman–Crippen LogP) is 4.93. The van der Waals surface area contributed by atoms with Gasteiger partial charge >= 0.3 is 0 Å². The molecule has 11 heteroatoms. The van der Waals surface area contributed by atoms with Crippen LogP contribution in [-0.2, 0) is 32.6 Å². The molecule has 1 atom stereocenters. The Bertz CT molecular complexity index is 1430. The second-order valence-corrected chi connectivity index (χ2v) is 12.3. The molecule has 0 heterocycles. The van der Waals surface area contributed by atoms with Gasteiger partial charge in [-0.15, -0.1) is 0 Å². The molecule has 1 N–H and O–H groups in total. The zero-order chi connectivity index (χ0) is 29.4. The molecule has 214 valence electrons. The average molecular weight is 607 g/mol. The fraction of sp³-hybridized carbons (Fsp3) is 0.310. The van der Waals surface area contributed by atoms with Crippen molar-refractivity contribution in [1.82, 2.24) is 10.2 Å². The van der Waals surface area contributed by atoms with Gasteiger partial charge in [-0.3, -0.25) is 13.9 Å². The van der Waals surface area contributed by atoms with E-state index in [-0.39, 0.29) is 40.6 Å². The van der Waals surface area contributed by atoms with Crippen LogP contribution in [0, 0.1) is 0 Å². The molecule has 0 aliphatic heterocycles. The van der Waals surface area contributed by atoms with Gasteiger partial charge in [0.1, 0.15) is 18.3 Å². The minimum absolute atomic E-state index is 0.0397. The molecule has 0 bridgehead atoms. The molecule has 0 radical (unpaired) electrons. The lowest BCUT2D eigenvalue weighted by molar-refractivity contribution is -0.140. The van der Waals surface area contributed by atoms with Gasteiger partial charge in [-0.25, -0.2) is 8.42 Å². The standard InChI is InChI=1S/C29H33Cl2N3O5S/c1-20(2)32-29(36)27(16-21-9-6-5-7-10-21)33(18-22-11-8-12-24(15-22)39-3)28(35)19-34(40(4,37)38)23-13-14-25(30)26(31)17-23/h5-15,17,20,27H,16,18-19H2,1-4H3,(H,32,36)/t27-/m1/s1. The molecular weight excluding hydrogens is 573 g/mol. The van der Waals surface area contributed by atoms with Crippen LogP contribution in [0.1, 0.15) is 25.0 Å². The molecule has 8 nitrogen and oxygen atoms in total. The first-order valence-corrected chi connectivity index (χ1v) is 15.2. The zero-order valence-corrected chi connectivity index (χ0v) is 25.1. The van der Waals surface area contributed by atoms with E-state index in [9.17, 15) is 18.0 Å². The average Bonchev–Trinajstić information content (AvgIpc) is 2.90. The smallest absolute Gasteiger partial charge is 0.244 e. The predicted molar refractivity (Wildman–Crippen MR) is 159 cm³/mol. The highest BCUT2D eigenvalue weighted by atomic mass is 35.5. The first-order valence-electron chi connectivity index (χ1n) is 12.6. The largest absolute Gasteiger partial charge is 0.497 e. The molecular formula is C29H33Cl2N3O5S. The van der Waals surface area contributed by atoms with Crippen molar-refractivity contribution < 1.29 is 22.7 Å². The van der Waals surface area contributed by atoms with E-state index in [4.69, 9.17) is 27.9 Å². The molecule has 2 amide bonds. The van der Waals surface area contributed by atoms with E-state index >= 15 is 0 Å². The molecule has 0 spiro atoms. The van der Waals surface area contributed by atoms with Gasteiger partial charge in [0.05, 0.1) is 29.1 Å². The van der Waals surface area contributed by atoms with E-state index in [1.54, 1.807) is 18.2 Å². The van der Waals surface area contributed by atoms with Gasteiger partial charge in [0.2, 0.25) is 21.8 Å². The summed E-state index contributed by atoms with van der Waals surface area (Å²) in [6.07, 6.45) is 1.23. The molecule has 0 fully saturated rings. The van der Waals surface area contributed by atoms with Gasteiger partial charge < -0.3 is 15.0 Å². The van der Waals surface area contributed by atoms with Crippen LogP contribution < -0.4 is 14.4 Å². The van der Waals surface area contributed by atoms with Crippen LogP contribution in [0.4, 0.5) is 5.69 Å². The van der Waals surface area contributed by atoms with Gasteiger partial charge in [-0.2, -0.15) is 0 Å². The Morgan fingerprint density at radius 3 is 2.20 bits per heavy atom. The summed E-state index contributed by atoms with van der Waals surface area (Å²) in [5.74, 6) is -0.334. The Morgan fingerprint density at radius 2 is 1.60 bits per heavy atom. The van der Waals surface area contributed by atoms with Gasteiger partial charge in [0, 0.05) is 19.0 Å². The quantitative estimate of drug-likeness (QED) is 0.316. The Labute approximate surface area is 245 Å². The minimum atomic E-state index is -3.92. The monoisotopic (exact) mass is 605 g/mol. The maximum atomic E-state index is 14.1. The number of anilines is 1. The van der Waals surface area contributed by atoms with E-state index < -0.39 is 28.5 Å². The fourth-order valence-electron chi connectivity index (χ4n) is 4.16. The molecule has 0 saturated heterocycles. The van der Waals surface area contributed by atoms with Crippen LogP contribution in [0.15, 0.2) is 72.8 Å². The Morgan fingerprint density at radius 1 is 0.925 bits per heavy atom. The molecule has 0 saturated carbocycles. The van der Waals surface area contributed by atoms with Crippen molar-refractivity contribution in [1.29, 1.82) is 0 Å². The van der Waals surface area contributed by atoms with Crippen molar-refractivity contribution in [3.63, 3.8) is 0 Å². The lowest BCUT2D eigenvalue weighted by Gasteiger charge is -2.34. The third-order valence-corrected chi connectivity index (χ3v) is 7.94. The summed E-state index contributed by atoms with van der Waals surface area (Å²) in [5, 5.41) is 3.31. The number of benzene rings is 3. The number of nitrogens with one attached hydrogen (secondary N) is 1. The number of nitrogens with zero attached hydrogens (tertiary/aromatic N) is 2. The maximum absolute atomic E-state index is 14.1. The normalized spacial score (nSPS) is 12.1. The topological polar surface area (TPSA) is 96.0 Å². The number of sulfonamides is 1.